The van der Waals surface area contributed by atoms with Crippen LogP contribution in [0.5, 0.6) is 0 Å². The second-order valence-corrected chi connectivity index (χ2v) is 11.7. The van der Waals surface area contributed by atoms with E-state index in [1.165, 1.54) is 4.90 Å². The average Bonchev–Trinajstić information content (AvgIpc) is 3.81. The minimum Gasteiger partial charge on any atom is -0.465 e. The third kappa shape index (κ3) is 5.52. The fourth-order valence-electron chi connectivity index (χ4n) is 5.52. The van der Waals surface area contributed by atoms with E-state index >= 15 is 0 Å². The van der Waals surface area contributed by atoms with Gasteiger partial charge in [-0.3, -0.25) is 9.69 Å². The van der Waals surface area contributed by atoms with Crippen LogP contribution in [0, 0.1) is 17.2 Å². The molecule has 5 rings (SSSR count). The van der Waals surface area contributed by atoms with Crippen LogP contribution in [0.15, 0.2) is 18.3 Å². The number of hydrogen-bond donors (Lipinski definition) is 2. The van der Waals surface area contributed by atoms with Crippen molar-refractivity contribution in [3.05, 3.63) is 29.6 Å². The van der Waals surface area contributed by atoms with E-state index in [0.29, 0.717) is 42.5 Å². The van der Waals surface area contributed by atoms with Gasteiger partial charge >= 0.3 is 6.09 Å². The molecule has 2 aliphatic carbocycles. The van der Waals surface area contributed by atoms with Crippen molar-refractivity contribution in [1.29, 1.82) is 5.26 Å². The van der Waals surface area contributed by atoms with Crippen molar-refractivity contribution in [3.8, 4) is 17.2 Å². The van der Waals surface area contributed by atoms with Crippen LogP contribution >= 0.6 is 0 Å². The van der Waals surface area contributed by atoms with Gasteiger partial charge in [0.15, 0.2) is 5.82 Å². The number of carbonyl (C=O) groups excluding carboxylic acids is 1. The maximum Gasteiger partial charge on any atom is 0.413 e. The molecule has 3 heterocycles. The first-order valence-corrected chi connectivity index (χ1v) is 13.6. The summed E-state index contributed by atoms with van der Waals surface area (Å²) in [5.74, 6) is 1.51. The Morgan fingerprint density at radius 2 is 1.92 bits per heavy atom. The first-order valence-electron chi connectivity index (χ1n) is 13.6. The van der Waals surface area contributed by atoms with Crippen molar-refractivity contribution in [2.24, 2.45) is 5.92 Å². The van der Waals surface area contributed by atoms with Crippen molar-refractivity contribution in [1.82, 2.24) is 20.1 Å². The van der Waals surface area contributed by atoms with E-state index in [-0.39, 0.29) is 36.7 Å². The zero-order chi connectivity index (χ0) is 27.9. The highest BCUT2D eigenvalue weighted by Gasteiger charge is 2.42. The van der Waals surface area contributed by atoms with Crippen LogP contribution in [0.25, 0.3) is 11.1 Å². The highest BCUT2D eigenvalue weighted by molar-refractivity contribution is 5.87. The number of anilines is 2. The molecule has 1 unspecified atom stereocenters. The Morgan fingerprint density at radius 3 is 2.51 bits per heavy atom. The fourth-order valence-corrected chi connectivity index (χ4v) is 5.52. The highest BCUT2D eigenvalue weighted by Crippen LogP contribution is 2.46. The maximum absolute atomic E-state index is 12.7. The van der Waals surface area contributed by atoms with E-state index in [0.717, 1.165) is 36.9 Å². The Kier molecular flexibility index (Phi) is 7.16. The normalized spacial score (nSPS) is 19.5. The summed E-state index contributed by atoms with van der Waals surface area (Å²) in [5.41, 5.74) is 2.02. The molecule has 0 aromatic carbocycles. The molecule has 1 saturated heterocycles. The number of rotatable bonds is 7. The molecular weight excluding hydrogens is 498 g/mol. The number of nitriles is 1. The number of aromatic nitrogens is 3. The monoisotopic (exact) mass is 533 g/mol. The summed E-state index contributed by atoms with van der Waals surface area (Å²) in [6.07, 6.45) is 4.73. The molecule has 2 N–H and O–H groups in total. The number of carboxylic acid groups (broad SMARTS) is 1. The molecule has 0 radical (unpaired) electrons. The van der Waals surface area contributed by atoms with Crippen molar-refractivity contribution >= 4 is 23.6 Å². The summed E-state index contributed by atoms with van der Waals surface area (Å²) in [6, 6.07) is 5.91. The molecule has 2 aromatic heterocycles. The fraction of sp³-hybridized carbons (Fsp3) is 0.571. The van der Waals surface area contributed by atoms with Gasteiger partial charge < -0.3 is 20.0 Å². The van der Waals surface area contributed by atoms with E-state index in [2.05, 4.69) is 21.2 Å². The zero-order valence-electron chi connectivity index (χ0n) is 22.7. The van der Waals surface area contributed by atoms with E-state index in [1.807, 2.05) is 11.0 Å². The number of carbonyl (C=O) groups is 2. The van der Waals surface area contributed by atoms with Gasteiger partial charge in [-0.15, -0.1) is 5.10 Å². The summed E-state index contributed by atoms with van der Waals surface area (Å²) in [7, 11) is 0. The highest BCUT2D eigenvalue weighted by atomic mass is 16.4. The molecule has 2 saturated carbocycles. The molecule has 11 heteroatoms. The standard InChI is InChI=1S/C28H35N7O4/c1-28(2,3)35(27(38)39)23-13-20(15-30-32-23)21-12-19(14-29)26(31-25(21)18-6-7-18)33-9-10-34(24(37)8-11-36)22(16-33)17-4-5-17/h12-13,15,17-18,22,36H,4-11,16H2,1-3H3,(H,38,39). The van der Waals surface area contributed by atoms with Crippen LogP contribution in [-0.2, 0) is 4.79 Å². The predicted molar refractivity (Wildman–Crippen MR) is 144 cm³/mol. The summed E-state index contributed by atoms with van der Waals surface area (Å²) >= 11 is 0. The van der Waals surface area contributed by atoms with Gasteiger partial charge in [-0.1, -0.05) is 0 Å². The lowest BCUT2D eigenvalue weighted by atomic mass is 9.99. The minimum absolute atomic E-state index is 0.0248. The molecule has 11 nitrogen and oxygen atoms in total. The smallest absolute Gasteiger partial charge is 0.413 e. The Bertz CT molecular complexity index is 1310. The lowest BCUT2D eigenvalue weighted by Gasteiger charge is -2.42. The topological polar surface area (TPSA) is 147 Å². The molecule has 1 aliphatic heterocycles. The van der Waals surface area contributed by atoms with Crippen molar-refractivity contribution < 1.29 is 19.8 Å². The first-order chi connectivity index (χ1) is 18.6. The summed E-state index contributed by atoms with van der Waals surface area (Å²) in [4.78, 5) is 35.0. The molecule has 2 aromatic rings. The van der Waals surface area contributed by atoms with E-state index in [1.54, 1.807) is 33.0 Å². The predicted octanol–water partition coefficient (Wildman–Crippen LogP) is 3.38. The van der Waals surface area contributed by atoms with Gasteiger partial charge in [0.1, 0.15) is 11.9 Å². The van der Waals surface area contributed by atoms with E-state index < -0.39 is 11.6 Å². The lowest BCUT2D eigenvalue weighted by molar-refractivity contribution is -0.135. The maximum atomic E-state index is 12.7. The SMILES string of the molecule is CC(C)(C)N(C(=O)O)c1cc(-c2cc(C#N)c(N3CCN(C(=O)CCO)C(C4CC4)C3)nc2C2CC2)cnn1. The first kappa shape index (κ1) is 26.8. The quantitative estimate of drug-likeness (QED) is 0.547. The molecular formula is C28H35N7O4. The molecule has 39 heavy (non-hydrogen) atoms. The number of nitrogens with zero attached hydrogens (tertiary/aromatic N) is 7. The second-order valence-electron chi connectivity index (χ2n) is 11.7. The number of aliphatic hydroxyl groups excluding tert-OH is 1. The van der Waals surface area contributed by atoms with Crippen LogP contribution in [0.3, 0.4) is 0 Å². The largest absolute Gasteiger partial charge is 0.465 e. The van der Waals surface area contributed by atoms with Gasteiger partial charge in [-0.25, -0.2) is 9.78 Å². The Labute approximate surface area is 228 Å². The molecule has 3 aliphatic rings. The number of pyridine rings is 1. The van der Waals surface area contributed by atoms with Gasteiger partial charge in [-0.05, 0) is 64.5 Å². The number of piperazine rings is 1. The van der Waals surface area contributed by atoms with Gasteiger partial charge in [-0.2, -0.15) is 10.4 Å². The van der Waals surface area contributed by atoms with Crippen LogP contribution in [0.4, 0.5) is 16.4 Å². The molecule has 0 bridgehead atoms. The average molecular weight is 534 g/mol. The number of amides is 2. The van der Waals surface area contributed by atoms with Crippen LogP contribution < -0.4 is 9.80 Å². The second kappa shape index (κ2) is 10.4. The van der Waals surface area contributed by atoms with E-state index in [9.17, 15) is 25.1 Å². The third-order valence-corrected chi connectivity index (χ3v) is 7.69. The zero-order valence-corrected chi connectivity index (χ0v) is 22.7. The molecule has 2 amide bonds. The third-order valence-electron chi connectivity index (χ3n) is 7.69. The number of aliphatic hydroxyl groups is 1. The van der Waals surface area contributed by atoms with Crippen LogP contribution in [0.2, 0.25) is 0 Å². The van der Waals surface area contributed by atoms with Crippen molar-refractivity contribution in [3.63, 3.8) is 0 Å². The van der Waals surface area contributed by atoms with Gasteiger partial charge in [0.25, 0.3) is 0 Å². The Morgan fingerprint density at radius 1 is 1.18 bits per heavy atom. The van der Waals surface area contributed by atoms with Gasteiger partial charge in [0, 0.05) is 48.6 Å². The van der Waals surface area contributed by atoms with Crippen LogP contribution in [0.1, 0.15) is 70.1 Å². The lowest BCUT2D eigenvalue weighted by Crippen LogP contribution is -2.56. The van der Waals surface area contributed by atoms with Gasteiger partial charge in [0.05, 0.1) is 30.1 Å². The number of hydrogen-bond acceptors (Lipinski definition) is 8. The van der Waals surface area contributed by atoms with Crippen molar-refractivity contribution in [2.75, 3.05) is 36.0 Å². The van der Waals surface area contributed by atoms with Gasteiger partial charge in [0.2, 0.25) is 5.91 Å². The molecule has 206 valence electrons. The summed E-state index contributed by atoms with van der Waals surface area (Å²) in [6.45, 7) is 6.92. The van der Waals surface area contributed by atoms with Crippen LogP contribution in [-0.4, -0.2) is 80.1 Å². The Hall–Kier alpha value is -3.78. The Balaban J connectivity index is 1.51. The molecule has 1 atom stereocenters. The summed E-state index contributed by atoms with van der Waals surface area (Å²) < 4.78 is 0. The molecule has 3 fully saturated rings. The molecule has 0 spiro atoms. The minimum atomic E-state index is -1.12. The van der Waals surface area contributed by atoms with Crippen molar-refractivity contribution in [2.45, 2.75) is 70.4 Å². The van der Waals surface area contributed by atoms with E-state index in [4.69, 9.17) is 4.98 Å². The summed E-state index contributed by atoms with van der Waals surface area (Å²) in [5, 5.41) is 37.5.